The first-order valence-corrected chi connectivity index (χ1v) is 7.02. The van der Waals surface area contributed by atoms with E-state index in [1.807, 2.05) is 0 Å². The molecular formula is C15H28O2. The lowest BCUT2D eigenvalue weighted by atomic mass is 9.90. The van der Waals surface area contributed by atoms with Crippen molar-refractivity contribution in [3.63, 3.8) is 0 Å². The third-order valence-corrected chi connectivity index (χ3v) is 3.26. The van der Waals surface area contributed by atoms with Crippen LogP contribution in [0.4, 0.5) is 0 Å². The van der Waals surface area contributed by atoms with Gasteiger partial charge >= 0.3 is 5.97 Å². The largest absolute Gasteiger partial charge is 0.459 e. The molecule has 0 aromatic carbocycles. The van der Waals surface area contributed by atoms with Crippen LogP contribution >= 0.6 is 0 Å². The second kappa shape index (κ2) is 10.4. The van der Waals surface area contributed by atoms with E-state index in [-0.39, 0.29) is 12.1 Å². The van der Waals surface area contributed by atoms with Gasteiger partial charge in [-0.2, -0.15) is 0 Å². The molecule has 0 radical (unpaired) electrons. The van der Waals surface area contributed by atoms with Gasteiger partial charge in [0.05, 0.1) is 0 Å². The average molecular weight is 240 g/mol. The molecule has 0 aliphatic rings. The number of hydrogen-bond acceptors (Lipinski definition) is 2. The fourth-order valence-corrected chi connectivity index (χ4v) is 2.11. The lowest BCUT2D eigenvalue weighted by Crippen LogP contribution is -2.26. The van der Waals surface area contributed by atoms with Gasteiger partial charge in [0.1, 0.15) is 6.10 Å². The highest BCUT2D eigenvalue weighted by Crippen LogP contribution is 2.23. The number of carbonyl (C=O) groups excluding carboxylic acids is 1. The maximum atomic E-state index is 11.3. The van der Waals surface area contributed by atoms with Gasteiger partial charge in [-0.25, -0.2) is 4.79 Å². The Morgan fingerprint density at radius 2 is 1.76 bits per heavy atom. The molecule has 0 fully saturated rings. The minimum Gasteiger partial charge on any atom is -0.459 e. The summed E-state index contributed by atoms with van der Waals surface area (Å²) in [5.74, 6) is 0.228. The molecule has 2 atom stereocenters. The standard InChI is InChI=1S/C15H28O2/c1-5-9-11-13(7-3)14(12-10-6-2)17-15(16)8-4/h8,13-14H,4-7,9-12H2,1-3H3. The highest BCUT2D eigenvalue weighted by molar-refractivity contribution is 5.81. The van der Waals surface area contributed by atoms with Crippen molar-refractivity contribution < 1.29 is 9.53 Å². The van der Waals surface area contributed by atoms with Crippen molar-refractivity contribution >= 4 is 5.97 Å². The van der Waals surface area contributed by atoms with E-state index in [4.69, 9.17) is 4.74 Å². The third kappa shape index (κ3) is 7.19. The smallest absolute Gasteiger partial charge is 0.330 e. The van der Waals surface area contributed by atoms with Gasteiger partial charge in [0.2, 0.25) is 0 Å². The van der Waals surface area contributed by atoms with Gasteiger partial charge in [0, 0.05) is 6.08 Å². The SMILES string of the molecule is C=CC(=O)OC(CCCC)C(CC)CCCC. The summed E-state index contributed by atoms with van der Waals surface area (Å²) in [7, 11) is 0. The second-order valence-corrected chi connectivity index (χ2v) is 4.63. The monoisotopic (exact) mass is 240 g/mol. The van der Waals surface area contributed by atoms with Crippen LogP contribution in [0.25, 0.3) is 0 Å². The molecule has 0 saturated heterocycles. The summed E-state index contributed by atoms with van der Waals surface area (Å²) in [5, 5.41) is 0. The van der Waals surface area contributed by atoms with Crippen molar-refractivity contribution in [2.45, 2.75) is 71.8 Å². The highest BCUT2D eigenvalue weighted by atomic mass is 16.5. The van der Waals surface area contributed by atoms with Crippen LogP contribution in [0.2, 0.25) is 0 Å². The summed E-state index contributed by atoms with van der Waals surface area (Å²) in [6.45, 7) is 10.0. The Bertz CT molecular complexity index is 211. The number of ether oxygens (including phenoxy) is 1. The third-order valence-electron chi connectivity index (χ3n) is 3.26. The Balaban J connectivity index is 4.37. The molecule has 2 nitrogen and oxygen atoms in total. The van der Waals surface area contributed by atoms with Crippen LogP contribution in [0.5, 0.6) is 0 Å². The van der Waals surface area contributed by atoms with Crippen molar-refractivity contribution in [2.24, 2.45) is 5.92 Å². The molecule has 0 aliphatic heterocycles. The summed E-state index contributed by atoms with van der Waals surface area (Å²) < 4.78 is 5.49. The molecule has 0 heterocycles. The van der Waals surface area contributed by atoms with Gasteiger partial charge in [-0.3, -0.25) is 0 Å². The van der Waals surface area contributed by atoms with Crippen molar-refractivity contribution in [1.82, 2.24) is 0 Å². The number of rotatable bonds is 10. The summed E-state index contributed by atoms with van der Waals surface area (Å²) in [4.78, 5) is 11.3. The van der Waals surface area contributed by atoms with E-state index in [2.05, 4.69) is 27.4 Å². The van der Waals surface area contributed by atoms with Crippen LogP contribution < -0.4 is 0 Å². The van der Waals surface area contributed by atoms with Crippen LogP contribution in [0.1, 0.15) is 65.7 Å². The molecular weight excluding hydrogens is 212 g/mol. The molecule has 0 rings (SSSR count). The Hall–Kier alpha value is -0.790. The van der Waals surface area contributed by atoms with E-state index < -0.39 is 0 Å². The lowest BCUT2D eigenvalue weighted by Gasteiger charge is -2.25. The van der Waals surface area contributed by atoms with Gasteiger partial charge in [-0.05, 0) is 25.2 Å². The first-order chi connectivity index (χ1) is 8.19. The fourth-order valence-electron chi connectivity index (χ4n) is 2.11. The van der Waals surface area contributed by atoms with Crippen molar-refractivity contribution in [3.8, 4) is 0 Å². The Morgan fingerprint density at radius 1 is 1.18 bits per heavy atom. The van der Waals surface area contributed by atoms with Crippen molar-refractivity contribution in [3.05, 3.63) is 12.7 Å². The maximum Gasteiger partial charge on any atom is 0.330 e. The first-order valence-electron chi connectivity index (χ1n) is 7.02. The Labute approximate surface area is 106 Å². The van der Waals surface area contributed by atoms with Gasteiger partial charge in [-0.15, -0.1) is 0 Å². The minimum absolute atomic E-state index is 0.0806. The molecule has 0 aromatic rings. The fraction of sp³-hybridized carbons (Fsp3) is 0.800. The predicted octanol–water partition coefficient (Wildman–Crippen LogP) is 4.49. The molecule has 0 amide bonds. The first kappa shape index (κ1) is 16.2. The minimum atomic E-state index is -0.277. The van der Waals surface area contributed by atoms with Crippen LogP contribution in [-0.4, -0.2) is 12.1 Å². The zero-order chi connectivity index (χ0) is 13.1. The van der Waals surface area contributed by atoms with Gasteiger partial charge in [0.15, 0.2) is 0 Å². The van der Waals surface area contributed by atoms with E-state index in [1.54, 1.807) is 0 Å². The lowest BCUT2D eigenvalue weighted by molar-refractivity contribution is -0.146. The zero-order valence-electron chi connectivity index (χ0n) is 11.7. The molecule has 100 valence electrons. The number of hydrogen-bond donors (Lipinski definition) is 0. The molecule has 0 bridgehead atoms. The van der Waals surface area contributed by atoms with E-state index in [0.29, 0.717) is 5.92 Å². The average Bonchev–Trinajstić information content (AvgIpc) is 2.35. The molecule has 0 spiro atoms. The topological polar surface area (TPSA) is 26.3 Å². The van der Waals surface area contributed by atoms with Crippen LogP contribution in [0.3, 0.4) is 0 Å². The second-order valence-electron chi connectivity index (χ2n) is 4.63. The number of unbranched alkanes of at least 4 members (excludes halogenated alkanes) is 2. The Kier molecular flexibility index (Phi) is 9.89. The zero-order valence-corrected chi connectivity index (χ0v) is 11.7. The van der Waals surface area contributed by atoms with Crippen LogP contribution in [0.15, 0.2) is 12.7 Å². The quantitative estimate of drug-likeness (QED) is 0.415. The Morgan fingerprint density at radius 3 is 2.24 bits per heavy atom. The number of esters is 1. The van der Waals surface area contributed by atoms with Crippen LogP contribution in [-0.2, 0) is 9.53 Å². The summed E-state index contributed by atoms with van der Waals surface area (Å²) in [5.41, 5.74) is 0. The van der Waals surface area contributed by atoms with Gasteiger partial charge in [-0.1, -0.05) is 53.0 Å². The summed E-state index contributed by atoms with van der Waals surface area (Å²) >= 11 is 0. The van der Waals surface area contributed by atoms with Crippen LogP contribution in [0, 0.1) is 5.92 Å². The molecule has 0 N–H and O–H groups in total. The molecule has 0 saturated carbocycles. The summed E-state index contributed by atoms with van der Waals surface area (Å²) in [6, 6.07) is 0. The molecule has 2 heteroatoms. The highest BCUT2D eigenvalue weighted by Gasteiger charge is 2.22. The maximum absolute atomic E-state index is 11.3. The van der Waals surface area contributed by atoms with E-state index in [1.165, 1.54) is 18.9 Å². The summed E-state index contributed by atoms with van der Waals surface area (Å²) in [6.07, 6.45) is 9.26. The van der Waals surface area contributed by atoms with Gasteiger partial charge in [0.25, 0.3) is 0 Å². The van der Waals surface area contributed by atoms with E-state index in [0.717, 1.165) is 32.1 Å². The molecule has 17 heavy (non-hydrogen) atoms. The van der Waals surface area contributed by atoms with Crippen molar-refractivity contribution in [2.75, 3.05) is 0 Å². The molecule has 2 unspecified atom stereocenters. The van der Waals surface area contributed by atoms with Crippen molar-refractivity contribution in [1.29, 1.82) is 0 Å². The molecule has 0 aromatic heterocycles. The van der Waals surface area contributed by atoms with E-state index >= 15 is 0 Å². The number of carbonyl (C=O) groups is 1. The van der Waals surface area contributed by atoms with E-state index in [9.17, 15) is 4.79 Å². The van der Waals surface area contributed by atoms with Gasteiger partial charge < -0.3 is 4.74 Å². The predicted molar refractivity (Wildman–Crippen MR) is 72.9 cm³/mol. The normalized spacial score (nSPS) is 14.1. The molecule has 0 aliphatic carbocycles.